The molecule has 166 valence electrons. The van der Waals surface area contributed by atoms with Crippen molar-refractivity contribution >= 4 is 11.9 Å². The highest BCUT2D eigenvalue weighted by atomic mass is 16.5. The molecule has 2 aromatic rings. The van der Waals surface area contributed by atoms with Gasteiger partial charge in [-0.15, -0.1) is 0 Å². The van der Waals surface area contributed by atoms with Crippen LogP contribution in [0.25, 0.3) is 0 Å². The highest BCUT2D eigenvalue weighted by Gasteiger charge is 2.31. The first-order valence-electron chi connectivity index (χ1n) is 11.0. The van der Waals surface area contributed by atoms with Crippen LogP contribution in [-0.4, -0.2) is 41.1 Å². The van der Waals surface area contributed by atoms with Crippen LogP contribution in [-0.2, 0) is 29.0 Å². The fourth-order valence-corrected chi connectivity index (χ4v) is 4.12. The van der Waals surface area contributed by atoms with Crippen LogP contribution < -0.4 is 5.32 Å². The lowest BCUT2D eigenvalue weighted by molar-refractivity contribution is -0.127. The highest BCUT2D eigenvalue weighted by molar-refractivity contribution is 5.87. The second kappa shape index (κ2) is 10.3. The van der Waals surface area contributed by atoms with E-state index in [1.54, 1.807) is 24.3 Å². The van der Waals surface area contributed by atoms with Crippen molar-refractivity contribution in [2.75, 3.05) is 13.2 Å². The number of benzene rings is 2. The maximum Gasteiger partial charge on any atom is 0.335 e. The van der Waals surface area contributed by atoms with Gasteiger partial charge in [0, 0.05) is 19.6 Å². The van der Waals surface area contributed by atoms with Crippen LogP contribution in [0.5, 0.6) is 0 Å². The predicted octanol–water partition coefficient (Wildman–Crippen LogP) is 3.68. The topological polar surface area (TPSA) is 78.9 Å². The Morgan fingerprint density at radius 1 is 1.06 bits per heavy atom. The molecule has 0 radical (unpaired) electrons. The number of carbonyl (C=O) groups excluding carboxylic acids is 1. The third-order valence-corrected chi connectivity index (χ3v) is 5.92. The Balaban J connectivity index is 1.39. The molecule has 1 amide bonds. The Labute approximate surface area is 188 Å². The molecule has 1 aliphatic carbocycles. The number of fused-ring (bicyclic) bond motifs is 1. The molecule has 0 saturated heterocycles. The molecule has 2 aromatic carbocycles. The molecule has 0 saturated carbocycles. The van der Waals surface area contributed by atoms with Crippen LogP contribution in [0.2, 0.25) is 0 Å². The van der Waals surface area contributed by atoms with Crippen LogP contribution in [0.3, 0.4) is 0 Å². The van der Waals surface area contributed by atoms with Gasteiger partial charge in [-0.2, -0.15) is 0 Å². The minimum Gasteiger partial charge on any atom is -0.493 e. The normalized spacial score (nSPS) is 17.9. The van der Waals surface area contributed by atoms with E-state index in [0.29, 0.717) is 32.7 Å². The molecular formula is C26H28N2O4. The zero-order valence-electron chi connectivity index (χ0n) is 18.0. The molecule has 1 unspecified atom stereocenters. The van der Waals surface area contributed by atoms with E-state index in [9.17, 15) is 9.59 Å². The van der Waals surface area contributed by atoms with Gasteiger partial charge < -0.3 is 15.2 Å². The van der Waals surface area contributed by atoms with Gasteiger partial charge in [0.05, 0.1) is 11.6 Å². The minimum atomic E-state index is -0.959. The number of allylic oxidation sites excluding steroid dienone is 3. The van der Waals surface area contributed by atoms with Gasteiger partial charge in [0.2, 0.25) is 5.91 Å². The Morgan fingerprint density at radius 2 is 1.84 bits per heavy atom. The van der Waals surface area contributed by atoms with Crippen LogP contribution in [0.1, 0.15) is 39.9 Å². The van der Waals surface area contributed by atoms with E-state index < -0.39 is 5.97 Å². The zero-order valence-corrected chi connectivity index (χ0v) is 18.0. The number of nitrogens with zero attached hydrogens (tertiary/aromatic N) is 1. The fourth-order valence-electron chi connectivity index (χ4n) is 4.12. The summed E-state index contributed by atoms with van der Waals surface area (Å²) in [5.41, 5.74) is 3.55. The predicted molar refractivity (Wildman–Crippen MR) is 122 cm³/mol. The number of hydrogen-bond donors (Lipinski definition) is 2. The van der Waals surface area contributed by atoms with E-state index in [2.05, 4.69) is 34.5 Å². The van der Waals surface area contributed by atoms with Crippen molar-refractivity contribution in [2.45, 2.75) is 38.4 Å². The van der Waals surface area contributed by atoms with Gasteiger partial charge in [-0.1, -0.05) is 42.5 Å². The van der Waals surface area contributed by atoms with Crippen LogP contribution in [0.15, 0.2) is 72.5 Å². The number of amides is 1. The molecule has 6 nitrogen and oxygen atoms in total. The Bertz CT molecular complexity index is 1030. The van der Waals surface area contributed by atoms with E-state index in [1.807, 2.05) is 18.2 Å². The molecular weight excluding hydrogens is 404 g/mol. The minimum absolute atomic E-state index is 0.0291. The monoisotopic (exact) mass is 432 g/mol. The average molecular weight is 433 g/mol. The maximum atomic E-state index is 13.1. The third-order valence-electron chi connectivity index (χ3n) is 5.92. The molecule has 0 aromatic heterocycles. The smallest absolute Gasteiger partial charge is 0.335 e. The lowest BCUT2D eigenvalue weighted by atomic mass is 9.93. The lowest BCUT2D eigenvalue weighted by Crippen LogP contribution is -2.51. The van der Waals surface area contributed by atoms with Gasteiger partial charge in [-0.05, 0) is 60.2 Å². The largest absolute Gasteiger partial charge is 0.493 e. The molecule has 32 heavy (non-hydrogen) atoms. The number of carboxylic acids is 1. The van der Waals surface area contributed by atoms with Gasteiger partial charge in [0.25, 0.3) is 0 Å². The molecule has 2 aliphatic rings. The molecule has 6 heteroatoms. The van der Waals surface area contributed by atoms with Gasteiger partial charge in [-0.25, -0.2) is 4.79 Å². The van der Waals surface area contributed by atoms with Gasteiger partial charge in [0.15, 0.2) is 0 Å². The SMILES string of the molecule is O=C(O)c1ccc(CNC(=O)C2Cc3ccccc3CN2CCOC2=CCCC=C2)cc1. The number of ether oxygens (including phenoxy) is 1. The summed E-state index contributed by atoms with van der Waals surface area (Å²) in [6.07, 6.45) is 8.94. The summed E-state index contributed by atoms with van der Waals surface area (Å²) in [6.45, 7) is 2.25. The van der Waals surface area contributed by atoms with Crippen molar-refractivity contribution < 1.29 is 19.4 Å². The summed E-state index contributed by atoms with van der Waals surface area (Å²) >= 11 is 0. The van der Waals surface area contributed by atoms with Crippen molar-refractivity contribution in [1.29, 1.82) is 0 Å². The number of hydrogen-bond acceptors (Lipinski definition) is 4. The maximum absolute atomic E-state index is 13.1. The van der Waals surface area contributed by atoms with Crippen molar-refractivity contribution in [1.82, 2.24) is 10.2 Å². The number of rotatable bonds is 8. The number of nitrogens with one attached hydrogen (secondary N) is 1. The molecule has 4 rings (SSSR count). The second-order valence-corrected chi connectivity index (χ2v) is 8.11. The summed E-state index contributed by atoms with van der Waals surface area (Å²) < 4.78 is 5.91. The molecule has 1 aliphatic heterocycles. The van der Waals surface area contributed by atoms with E-state index in [1.165, 1.54) is 11.1 Å². The molecule has 0 spiro atoms. The molecule has 2 N–H and O–H groups in total. The first-order chi connectivity index (χ1) is 15.6. The van der Waals surface area contributed by atoms with E-state index in [-0.39, 0.29) is 17.5 Å². The van der Waals surface area contributed by atoms with Gasteiger partial charge in [-0.3, -0.25) is 9.69 Å². The van der Waals surface area contributed by atoms with E-state index in [0.717, 1.165) is 24.2 Å². The standard InChI is InChI=1S/C26H28N2O4/c29-25(27-17-19-10-12-20(13-11-19)26(30)31)24-16-21-6-4-5-7-22(21)18-28(24)14-15-32-23-8-2-1-3-9-23/h2,4-13,24H,1,3,14-18H2,(H,27,29)(H,30,31). The molecule has 1 atom stereocenters. The van der Waals surface area contributed by atoms with Crippen molar-refractivity contribution in [3.63, 3.8) is 0 Å². The summed E-state index contributed by atoms with van der Waals surface area (Å²) in [7, 11) is 0. The average Bonchev–Trinajstić information content (AvgIpc) is 2.83. The number of carbonyl (C=O) groups is 2. The van der Waals surface area contributed by atoms with E-state index in [4.69, 9.17) is 9.84 Å². The van der Waals surface area contributed by atoms with Crippen molar-refractivity contribution in [3.8, 4) is 0 Å². The summed E-state index contributed by atoms with van der Waals surface area (Å²) in [5, 5.41) is 12.1. The quantitative estimate of drug-likeness (QED) is 0.665. The molecule has 0 bridgehead atoms. The number of carboxylic acid groups (broad SMARTS) is 1. The van der Waals surface area contributed by atoms with E-state index >= 15 is 0 Å². The summed E-state index contributed by atoms with van der Waals surface area (Å²) in [4.78, 5) is 26.3. The van der Waals surface area contributed by atoms with Gasteiger partial charge >= 0.3 is 5.97 Å². The first kappa shape index (κ1) is 21.8. The summed E-state index contributed by atoms with van der Waals surface area (Å²) in [6, 6.07) is 14.6. The highest BCUT2D eigenvalue weighted by Crippen LogP contribution is 2.23. The Morgan fingerprint density at radius 3 is 2.56 bits per heavy atom. The van der Waals surface area contributed by atoms with Crippen molar-refractivity contribution in [2.24, 2.45) is 0 Å². The van der Waals surface area contributed by atoms with Gasteiger partial charge in [0.1, 0.15) is 12.4 Å². The molecule has 0 fully saturated rings. The summed E-state index contributed by atoms with van der Waals surface area (Å²) in [5.74, 6) is -0.0862. The van der Waals surface area contributed by atoms with Crippen molar-refractivity contribution in [3.05, 3.63) is 94.8 Å². The first-order valence-corrected chi connectivity index (χ1v) is 11.0. The fraction of sp³-hybridized carbons (Fsp3) is 0.308. The number of aromatic carboxylic acids is 1. The third kappa shape index (κ3) is 5.45. The Hall–Kier alpha value is -3.38. The van der Waals surface area contributed by atoms with Crippen LogP contribution in [0.4, 0.5) is 0 Å². The van der Waals surface area contributed by atoms with Crippen LogP contribution >= 0.6 is 0 Å². The molecule has 1 heterocycles. The lowest BCUT2D eigenvalue weighted by Gasteiger charge is -2.36. The second-order valence-electron chi connectivity index (χ2n) is 8.11. The zero-order chi connectivity index (χ0) is 22.3. The van der Waals surface area contributed by atoms with Crippen LogP contribution in [0, 0.1) is 0 Å². The Kier molecular flexibility index (Phi) is 7.02.